The maximum atomic E-state index is 11.2. The number of esters is 1. The molecule has 1 amide bonds. The molecule has 0 saturated carbocycles. The molecule has 1 N–H and O–H groups in total. The van der Waals surface area contributed by atoms with E-state index in [-0.39, 0.29) is 5.91 Å². The van der Waals surface area contributed by atoms with E-state index in [1.807, 2.05) is 0 Å². The summed E-state index contributed by atoms with van der Waals surface area (Å²) in [6, 6.07) is 0. The van der Waals surface area contributed by atoms with Crippen molar-refractivity contribution in [2.75, 3.05) is 13.2 Å². The minimum atomic E-state index is -1.14. The van der Waals surface area contributed by atoms with E-state index in [0.717, 1.165) is 0 Å². The molecule has 1 rings (SSSR count). The van der Waals surface area contributed by atoms with Crippen molar-refractivity contribution in [3.05, 3.63) is 0 Å². The van der Waals surface area contributed by atoms with Gasteiger partial charge in [0, 0.05) is 6.54 Å². The van der Waals surface area contributed by atoms with Crippen LogP contribution in [0.4, 0.5) is 0 Å². The molecule has 0 spiro atoms. The fraction of sp³-hybridized carbons (Fsp3) is 0.714. The number of carbonyl (C=O) groups is 2. The summed E-state index contributed by atoms with van der Waals surface area (Å²) in [6.45, 7) is 2.52. The van der Waals surface area contributed by atoms with Crippen molar-refractivity contribution < 1.29 is 14.3 Å². The number of hydrogen-bond donors (Lipinski definition) is 1. The van der Waals surface area contributed by atoms with Gasteiger partial charge >= 0.3 is 5.97 Å². The van der Waals surface area contributed by atoms with Crippen LogP contribution in [0.2, 0.25) is 0 Å². The van der Waals surface area contributed by atoms with Gasteiger partial charge in [-0.15, -0.1) is 0 Å². The molecular weight excluding hydrogens is 226 g/mol. The van der Waals surface area contributed by atoms with Crippen LogP contribution in [0.5, 0.6) is 0 Å². The minimum Gasteiger partial charge on any atom is -0.465 e. The van der Waals surface area contributed by atoms with Crippen molar-refractivity contribution >= 4 is 27.8 Å². The molecule has 1 aliphatic rings. The third-order valence-electron chi connectivity index (χ3n) is 1.71. The topological polar surface area (TPSA) is 55.4 Å². The molecule has 0 aromatic heterocycles. The van der Waals surface area contributed by atoms with Gasteiger partial charge in [-0.3, -0.25) is 4.79 Å². The third kappa shape index (κ3) is 1.46. The Bertz CT molecular complexity index is 219. The first-order chi connectivity index (χ1) is 5.61. The van der Waals surface area contributed by atoms with E-state index in [0.29, 0.717) is 19.6 Å². The minimum absolute atomic E-state index is 0.291. The van der Waals surface area contributed by atoms with Crippen molar-refractivity contribution in [3.8, 4) is 0 Å². The summed E-state index contributed by atoms with van der Waals surface area (Å²) >= 11 is 3.09. The Hall–Kier alpha value is -0.580. The van der Waals surface area contributed by atoms with Gasteiger partial charge in [0.2, 0.25) is 10.2 Å². The van der Waals surface area contributed by atoms with Crippen LogP contribution in [0.1, 0.15) is 13.3 Å². The van der Waals surface area contributed by atoms with Crippen molar-refractivity contribution in [1.82, 2.24) is 5.32 Å². The van der Waals surface area contributed by atoms with Crippen LogP contribution in [0, 0.1) is 0 Å². The molecule has 4 nitrogen and oxygen atoms in total. The lowest BCUT2D eigenvalue weighted by molar-refractivity contribution is -0.148. The zero-order valence-corrected chi connectivity index (χ0v) is 8.31. The summed E-state index contributed by atoms with van der Waals surface area (Å²) in [7, 11) is 0. The van der Waals surface area contributed by atoms with Gasteiger partial charge in [0.05, 0.1) is 6.61 Å². The molecule has 1 aliphatic heterocycles. The number of nitrogens with one attached hydrogen (secondary N) is 1. The zero-order chi connectivity index (χ0) is 9.19. The number of alkyl halides is 1. The first-order valence-corrected chi connectivity index (χ1v) is 4.55. The fourth-order valence-electron chi connectivity index (χ4n) is 1.04. The van der Waals surface area contributed by atoms with Crippen LogP contribution in [-0.4, -0.2) is 29.4 Å². The monoisotopic (exact) mass is 235 g/mol. The lowest BCUT2D eigenvalue weighted by Crippen LogP contribution is -2.41. The van der Waals surface area contributed by atoms with E-state index in [9.17, 15) is 9.59 Å². The highest BCUT2D eigenvalue weighted by Crippen LogP contribution is 2.28. The van der Waals surface area contributed by atoms with E-state index in [2.05, 4.69) is 21.2 Å². The van der Waals surface area contributed by atoms with Crippen LogP contribution in [-0.2, 0) is 14.3 Å². The van der Waals surface area contributed by atoms with Crippen LogP contribution in [0.3, 0.4) is 0 Å². The average molecular weight is 236 g/mol. The number of amides is 1. The van der Waals surface area contributed by atoms with E-state index in [1.54, 1.807) is 6.92 Å². The standard InChI is InChI=1S/C7H10BrNO3/c1-2-12-6(11)7(8)3-4-9-5(7)10/h2-4H2,1H3,(H,9,10). The lowest BCUT2D eigenvalue weighted by Gasteiger charge is -2.15. The van der Waals surface area contributed by atoms with Crippen LogP contribution < -0.4 is 5.32 Å². The average Bonchev–Trinajstić information content (AvgIpc) is 2.34. The molecule has 1 unspecified atom stereocenters. The summed E-state index contributed by atoms with van der Waals surface area (Å²) in [4.78, 5) is 22.4. The molecule has 1 fully saturated rings. The Labute approximate surface area is 78.8 Å². The summed E-state index contributed by atoms with van der Waals surface area (Å²) < 4.78 is 3.62. The third-order valence-corrected chi connectivity index (χ3v) is 2.79. The van der Waals surface area contributed by atoms with Gasteiger partial charge in [-0.2, -0.15) is 0 Å². The second kappa shape index (κ2) is 3.43. The number of rotatable bonds is 2. The molecule has 1 atom stereocenters. The Morgan fingerprint density at radius 1 is 1.83 bits per heavy atom. The van der Waals surface area contributed by atoms with Gasteiger partial charge in [0.1, 0.15) is 0 Å². The van der Waals surface area contributed by atoms with E-state index in [4.69, 9.17) is 4.74 Å². The summed E-state index contributed by atoms with van der Waals surface area (Å²) in [6.07, 6.45) is 0.449. The molecule has 5 heteroatoms. The maximum absolute atomic E-state index is 11.2. The number of halogens is 1. The smallest absolute Gasteiger partial charge is 0.332 e. The van der Waals surface area contributed by atoms with Crippen LogP contribution in [0.15, 0.2) is 0 Å². The fourth-order valence-corrected chi connectivity index (χ4v) is 1.50. The van der Waals surface area contributed by atoms with E-state index in [1.165, 1.54) is 0 Å². The predicted molar refractivity (Wildman–Crippen MR) is 45.9 cm³/mol. The molecule has 1 heterocycles. The van der Waals surface area contributed by atoms with E-state index >= 15 is 0 Å². The highest BCUT2D eigenvalue weighted by molar-refractivity contribution is 9.10. The zero-order valence-electron chi connectivity index (χ0n) is 6.72. The Balaban J connectivity index is 2.70. The second-order valence-corrected chi connectivity index (χ2v) is 3.88. The molecule has 1 saturated heterocycles. The Morgan fingerprint density at radius 2 is 2.50 bits per heavy atom. The molecule has 0 radical (unpaired) electrons. The van der Waals surface area contributed by atoms with Gasteiger partial charge in [-0.05, 0) is 13.3 Å². The first-order valence-electron chi connectivity index (χ1n) is 3.75. The van der Waals surface area contributed by atoms with Crippen molar-refractivity contribution in [1.29, 1.82) is 0 Å². The van der Waals surface area contributed by atoms with Gasteiger partial charge in [-0.25, -0.2) is 4.79 Å². The second-order valence-electron chi connectivity index (χ2n) is 2.53. The predicted octanol–water partition coefficient (Wildman–Crippen LogP) is 0.203. The first kappa shape index (κ1) is 9.51. The number of hydrogen-bond acceptors (Lipinski definition) is 3. The summed E-state index contributed by atoms with van der Waals surface area (Å²) in [5, 5.41) is 2.56. The van der Waals surface area contributed by atoms with Gasteiger partial charge in [0.15, 0.2) is 0 Å². The highest BCUT2D eigenvalue weighted by Gasteiger charge is 2.48. The van der Waals surface area contributed by atoms with Gasteiger partial charge in [-0.1, -0.05) is 15.9 Å². The molecule has 0 bridgehead atoms. The van der Waals surface area contributed by atoms with Crippen LogP contribution in [0.25, 0.3) is 0 Å². The molecule has 12 heavy (non-hydrogen) atoms. The SMILES string of the molecule is CCOC(=O)C1(Br)CCNC1=O. The van der Waals surface area contributed by atoms with Crippen LogP contribution >= 0.6 is 15.9 Å². The number of ether oxygens (including phenoxy) is 1. The normalized spacial score (nSPS) is 28.3. The van der Waals surface area contributed by atoms with Gasteiger partial charge in [0.25, 0.3) is 0 Å². The van der Waals surface area contributed by atoms with Gasteiger partial charge < -0.3 is 10.1 Å². The summed E-state index contributed by atoms with van der Waals surface area (Å²) in [5.41, 5.74) is 0. The molecule has 0 aromatic carbocycles. The number of carbonyl (C=O) groups excluding carboxylic acids is 2. The van der Waals surface area contributed by atoms with E-state index < -0.39 is 10.3 Å². The quantitative estimate of drug-likeness (QED) is 0.423. The Kier molecular flexibility index (Phi) is 2.72. The summed E-state index contributed by atoms with van der Waals surface area (Å²) in [5.74, 6) is -0.805. The van der Waals surface area contributed by atoms with Crippen molar-refractivity contribution in [2.24, 2.45) is 0 Å². The highest BCUT2D eigenvalue weighted by atomic mass is 79.9. The molecular formula is C7H10BrNO3. The lowest BCUT2D eigenvalue weighted by atomic mass is 10.1. The molecule has 0 aliphatic carbocycles. The Morgan fingerprint density at radius 3 is 2.92 bits per heavy atom. The largest absolute Gasteiger partial charge is 0.465 e. The molecule has 68 valence electrons. The molecule has 0 aromatic rings. The van der Waals surface area contributed by atoms with Crippen molar-refractivity contribution in [3.63, 3.8) is 0 Å². The van der Waals surface area contributed by atoms with Crippen molar-refractivity contribution in [2.45, 2.75) is 17.7 Å². The maximum Gasteiger partial charge on any atom is 0.332 e.